The second-order valence-corrected chi connectivity index (χ2v) is 4.19. The summed E-state index contributed by atoms with van der Waals surface area (Å²) >= 11 is 0. The lowest BCUT2D eigenvalue weighted by molar-refractivity contribution is -0.122. The first kappa shape index (κ1) is 17.1. The Balaban J connectivity index is 2.57. The molecule has 0 aliphatic rings. The van der Waals surface area contributed by atoms with Crippen molar-refractivity contribution in [2.24, 2.45) is 5.73 Å². The SMILES string of the molecule is COc1ccc(CNCCOCC(N)=O)c(OC)c1OC. The highest BCUT2D eigenvalue weighted by Crippen LogP contribution is 2.39. The van der Waals surface area contributed by atoms with Crippen LogP contribution in [0.25, 0.3) is 0 Å². The molecule has 1 aromatic rings. The van der Waals surface area contributed by atoms with Crippen LogP contribution in [-0.2, 0) is 16.1 Å². The number of benzene rings is 1. The molecule has 0 fully saturated rings. The number of amides is 1. The molecule has 1 amide bonds. The summed E-state index contributed by atoms with van der Waals surface area (Å²) in [6, 6.07) is 3.72. The van der Waals surface area contributed by atoms with Gasteiger partial charge in [-0.25, -0.2) is 0 Å². The predicted molar refractivity (Wildman–Crippen MR) is 77.8 cm³/mol. The van der Waals surface area contributed by atoms with Gasteiger partial charge in [-0.15, -0.1) is 0 Å². The zero-order chi connectivity index (χ0) is 15.7. The van der Waals surface area contributed by atoms with Crippen LogP contribution in [0, 0.1) is 0 Å². The van der Waals surface area contributed by atoms with Gasteiger partial charge in [-0.3, -0.25) is 4.79 Å². The van der Waals surface area contributed by atoms with Gasteiger partial charge in [0, 0.05) is 18.7 Å². The van der Waals surface area contributed by atoms with E-state index in [2.05, 4.69) is 5.32 Å². The standard InChI is InChI=1S/C14H22N2O5/c1-18-11-5-4-10(13(19-2)14(11)20-3)8-16-6-7-21-9-12(15)17/h4-5,16H,6-9H2,1-3H3,(H2,15,17). The molecule has 0 saturated carbocycles. The van der Waals surface area contributed by atoms with Crippen LogP contribution in [0.2, 0.25) is 0 Å². The first-order valence-corrected chi connectivity index (χ1v) is 6.48. The van der Waals surface area contributed by atoms with Gasteiger partial charge < -0.3 is 30.0 Å². The highest BCUT2D eigenvalue weighted by Gasteiger charge is 2.15. The van der Waals surface area contributed by atoms with Gasteiger partial charge in [0.25, 0.3) is 0 Å². The topological polar surface area (TPSA) is 92.0 Å². The van der Waals surface area contributed by atoms with Gasteiger partial charge in [-0.1, -0.05) is 6.07 Å². The Bertz CT molecular complexity index is 465. The molecule has 0 aromatic heterocycles. The lowest BCUT2D eigenvalue weighted by Gasteiger charge is -2.16. The predicted octanol–water partition coefficient (Wildman–Crippen LogP) is 0.304. The number of hydrogen-bond acceptors (Lipinski definition) is 6. The Hall–Kier alpha value is -1.99. The van der Waals surface area contributed by atoms with E-state index in [4.69, 9.17) is 24.7 Å². The minimum atomic E-state index is -0.475. The van der Waals surface area contributed by atoms with Crippen LogP contribution in [0.1, 0.15) is 5.56 Å². The molecular formula is C14H22N2O5. The maximum absolute atomic E-state index is 10.5. The van der Waals surface area contributed by atoms with Crippen molar-refractivity contribution in [1.29, 1.82) is 0 Å². The fourth-order valence-corrected chi connectivity index (χ4v) is 1.84. The summed E-state index contributed by atoms with van der Waals surface area (Å²) in [5.41, 5.74) is 5.90. The van der Waals surface area contributed by atoms with Crippen molar-refractivity contribution in [3.63, 3.8) is 0 Å². The molecule has 0 unspecified atom stereocenters. The minimum absolute atomic E-state index is 0.0681. The van der Waals surface area contributed by atoms with Crippen LogP contribution in [0.4, 0.5) is 0 Å². The van der Waals surface area contributed by atoms with E-state index in [9.17, 15) is 4.79 Å². The average Bonchev–Trinajstić information content (AvgIpc) is 2.49. The van der Waals surface area contributed by atoms with Crippen molar-refractivity contribution in [3.05, 3.63) is 17.7 Å². The molecule has 0 heterocycles. The van der Waals surface area contributed by atoms with E-state index in [0.717, 1.165) is 5.56 Å². The molecule has 7 nitrogen and oxygen atoms in total. The van der Waals surface area contributed by atoms with E-state index in [-0.39, 0.29) is 6.61 Å². The van der Waals surface area contributed by atoms with Gasteiger partial charge >= 0.3 is 0 Å². The van der Waals surface area contributed by atoms with Gasteiger partial charge in [0.15, 0.2) is 11.5 Å². The summed E-state index contributed by atoms with van der Waals surface area (Å²) in [6.07, 6.45) is 0. The number of ether oxygens (including phenoxy) is 4. The van der Waals surface area contributed by atoms with Crippen molar-refractivity contribution in [1.82, 2.24) is 5.32 Å². The molecule has 0 aliphatic carbocycles. The largest absolute Gasteiger partial charge is 0.493 e. The lowest BCUT2D eigenvalue weighted by Crippen LogP contribution is -2.24. The lowest BCUT2D eigenvalue weighted by atomic mass is 10.1. The van der Waals surface area contributed by atoms with Crippen molar-refractivity contribution in [3.8, 4) is 17.2 Å². The molecule has 1 aromatic carbocycles. The van der Waals surface area contributed by atoms with E-state index in [1.54, 1.807) is 21.3 Å². The molecule has 0 spiro atoms. The highest BCUT2D eigenvalue weighted by atomic mass is 16.5. The molecule has 118 valence electrons. The molecule has 0 bridgehead atoms. The second-order valence-electron chi connectivity index (χ2n) is 4.19. The number of carbonyl (C=O) groups is 1. The molecule has 3 N–H and O–H groups in total. The summed E-state index contributed by atoms with van der Waals surface area (Å²) in [6.45, 7) is 1.49. The number of nitrogens with two attached hydrogens (primary N) is 1. The Morgan fingerprint density at radius 3 is 2.43 bits per heavy atom. The molecule has 1 rings (SSSR count). The van der Waals surface area contributed by atoms with Gasteiger partial charge in [0.2, 0.25) is 11.7 Å². The van der Waals surface area contributed by atoms with E-state index in [1.807, 2.05) is 12.1 Å². The van der Waals surface area contributed by atoms with Gasteiger partial charge in [0.05, 0.1) is 27.9 Å². The van der Waals surface area contributed by atoms with E-state index >= 15 is 0 Å². The third-order valence-corrected chi connectivity index (χ3v) is 2.77. The third-order valence-electron chi connectivity index (χ3n) is 2.77. The van der Waals surface area contributed by atoms with Gasteiger partial charge in [0.1, 0.15) is 6.61 Å². The number of methoxy groups -OCH3 is 3. The number of rotatable bonds is 10. The van der Waals surface area contributed by atoms with E-state index < -0.39 is 5.91 Å². The summed E-state index contributed by atoms with van der Waals surface area (Å²) in [5.74, 6) is 1.33. The molecule has 0 saturated heterocycles. The monoisotopic (exact) mass is 298 g/mol. The van der Waals surface area contributed by atoms with Crippen molar-refractivity contribution >= 4 is 5.91 Å². The highest BCUT2D eigenvalue weighted by molar-refractivity contribution is 5.74. The van der Waals surface area contributed by atoms with Gasteiger partial charge in [-0.05, 0) is 6.07 Å². The Morgan fingerprint density at radius 2 is 1.86 bits per heavy atom. The fourth-order valence-electron chi connectivity index (χ4n) is 1.84. The third kappa shape index (κ3) is 5.13. The fraction of sp³-hybridized carbons (Fsp3) is 0.500. The van der Waals surface area contributed by atoms with Crippen molar-refractivity contribution < 1.29 is 23.7 Å². The summed E-state index contributed by atoms with van der Waals surface area (Å²) in [7, 11) is 4.72. The normalized spacial score (nSPS) is 10.2. The van der Waals surface area contributed by atoms with Crippen LogP contribution >= 0.6 is 0 Å². The molecule has 0 atom stereocenters. The number of hydrogen-bond donors (Lipinski definition) is 2. The average molecular weight is 298 g/mol. The van der Waals surface area contributed by atoms with E-state index in [1.165, 1.54) is 0 Å². The van der Waals surface area contributed by atoms with Crippen molar-refractivity contribution in [2.75, 3.05) is 41.1 Å². The molecule has 0 radical (unpaired) electrons. The number of carbonyl (C=O) groups excluding carboxylic acids is 1. The first-order valence-electron chi connectivity index (χ1n) is 6.48. The van der Waals surface area contributed by atoms with Gasteiger partial charge in [-0.2, -0.15) is 0 Å². The van der Waals surface area contributed by atoms with Crippen LogP contribution in [0.3, 0.4) is 0 Å². The molecule has 0 aliphatic heterocycles. The van der Waals surface area contributed by atoms with Crippen molar-refractivity contribution in [2.45, 2.75) is 6.54 Å². The number of primary amides is 1. The van der Waals surface area contributed by atoms with Crippen LogP contribution in [0.15, 0.2) is 12.1 Å². The summed E-state index contributed by atoms with van der Waals surface area (Å²) in [5, 5.41) is 3.19. The second kappa shape index (κ2) is 9.04. The molecule has 7 heteroatoms. The summed E-state index contributed by atoms with van der Waals surface area (Å²) in [4.78, 5) is 10.5. The van der Waals surface area contributed by atoms with Crippen LogP contribution in [-0.4, -0.2) is 47.0 Å². The minimum Gasteiger partial charge on any atom is -0.493 e. The van der Waals surface area contributed by atoms with Crippen LogP contribution < -0.4 is 25.3 Å². The smallest absolute Gasteiger partial charge is 0.243 e. The Labute approximate surface area is 124 Å². The quantitative estimate of drug-likeness (QED) is 0.604. The molecule has 21 heavy (non-hydrogen) atoms. The van der Waals surface area contributed by atoms with E-state index in [0.29, 0.717) is 36.9 Å². The number of nitrogens with one attached hydrogen (secondary N) is 1. The maximum atomic E-state index is 10.5. The zero-order valence-electron chi connectivity index (χ0n) is 12.6. The zero-order valence-corrected chi connectivity index (χ0v) is 12.6. The Morgan fingerprint density at radius 1 is 1.14 bits per heavy atom. The van der Waals surface area contributed by atoms with Crippen LogP contribution in [0.5, 0.6) is 17.2 Å². The first-order chi connectivity index (χ1) is 10.1. The maximum Gasteiger partial charge on any atom is 0.243 e. The summed E-state index contributed by atoms with van der Waals surface area (Å²) < 4.78 is 21.0. The Kier molecular flexibility index (Phi) is 7.34. The molecular weight excluding hydrogens is 276 g/mol.